The number of aryl methyl sites for hydroxylation is 1. The van der Waals surface area contributed by atoms with Crippen molar-refractivity contribution in [2.24, 2.45) is 0 Å². The fraction of sp³-hybridized carbons (Fsp3) is 0.235. The summed E-state index contributed by atoms with van der Waals surface area (Å²) in [5.74, 6) is 0.798. The number of carbonyl (C=O) groups is 2. The number of benzene rings is 1. The average Bonchev–Trinajstić information content (AvgIpc) is 3.07. The molecule has 6 heteroatoms. The van der Waals surface area contributed by atoms with Crippen LogP contribution in [0.5, 0.6) is 0 Å². The molecule has 2 aromatic rings. The number of aromatic nitrogens is 1. The molecular weight excluding hydrogens is 310 g/mol. The number of thioether (sulfide) groups is 1. The van der Waals surface area contributed by atoms with E-state index in [9.17, 15) is 9.59 Å². The maximum Gasteiger partial charge on any atom is 0.256 e. The number of carbonyl (C=O) groups excluding carboxylic acids is 2. The lowest BCUT2D eigenvalue weighted by Crippen LogP contribution is -2.44. The number of anilines is 1. The van der Waals surface area contributed by atoms with E-state index in [-0.39, 0.29) is 11.8 Å². The van der Waals surface area contributed by atoms with Crippen molar-refractivity contribution in [3.8, 4) is 0 Å². The third kappa shape index (κ3) is 3.53. The van der Waals surface area contributed by atoms with Gasteiger partial charge in [0, 0.05) is 23.8 Å². The highest BCUT2D eigenvalue weighted by Crippen LogP contribution is 2.24. The maximum absolute atomic E-state index is 12.6. The Balaban J connectivity index is 1.72. The van der Waals surface area contributed by atoms with E-state index in [4.69, 9.17) is 0 Å². The topological polar surface area (TPSA) is 62.3 Å². The highest BCUT2D eigenvalue weighted by atomic mass is 32.2. The molecule has 0 saturated carbocycles. The second kappa shape index (κ2) is 6.83. The van der Waals surface area contributed by atoms with Crippen LogP contribution in [0.1, 0.15) is 15.9 Å². The monoisotopic (exact) mass is 327 g/mol. The molecule has 1 aliphatic heterocycles. The SMILES string of the molecule is Cc1ccc(NC(=O)C2CSCN2C(=O)c2cccnc2)cc1. The summed E-state index contributed by atoms with van der Waals surface area (Å²) >= 11 is 1.58. The van der Waals surface area contributed by atoms with Gasteiger partial charge in [0.15, 0.2) is 0 Å². The predicted molar refractivity (Wildman–Crippen MR) is 91.3 cm³/mol. The third-order valence-corrected chi connectivity index (χ3v) is 4.69. The van der Waals surface area contributed by atoms with Crippen LogP contribution in [0.3, 0.4) is 0 Å². The van der Waals surface area contributed by atoms with Gasteiger partial charge in [0.2, 0.25) is 5.91 Å². The van der Waals surface area contributed by atoms with Crippen LogP contribution >= 0.6 is 11.8 Å². The van der Waals surface area contributed by atoms with Gasteiger partial charge in [-0.2, -0.15) is 0 Å². The van der Waals surface area contributed by atoms with E-state index >= 15 is 0 Å². The quantitative estimate of drug-likeness (QED) is 0.941. The van der Waals surface area contributed by atoms with Gasteiger partial charge in [0.1, 0.15) is 6.04 Å². The molecule has 2 amide bonds. The molecule has 1 unspecified atom stereocenters. The minimum atomic E-state index is -0.464. The van der Waals surface area contributed by atoms with Gasteiger partial charge in [-0.3, -0.25) is 14.6 Å². The van der Waals surface area contributed by atoms with Crippen LogP contribution in [-0.4, -0.2) is 39.4 Å². The molecule has 1 atom stereocenters. The van der Waals surface area contributed by atoms with Crippen LogP contribution in [0.15, 0.2) is 48.8 Å². The number of hydrogen-bond acceptors (Lipinski definition) is 4. The lowest BCUT2D eigenvalue weighted by atomic mass is 10.2. The van der Waals surface area contributed by atoms with E-state index in [0.717, 1.165) is 11.3 Å². The molecule has 1 aliphatic rings. The Hall–Kier alpha value is -2.34. The van der Waals surface area contributed by atoms with Gasteiger partial charge >= 0.3 is 0 Å². The number of nitrogens with zero attached hydrogens (tertiary/aromatic N) is 2. The lowest BCUT2D eigenvalue weighted by Gasteiger charge is -2.23. The molecule has 118 valence electrons. The van der Waals surface area contributed by atoms with Crippen molar-refractivity contribution in [1.82, 2.24) is 9.88 Å². The first-order valence-electron chi connectivity index (χ1n) is 7.31. The molecular formula is C17H17N3O2S. The van der Waals surface area contributed by atoms with Gasteiger partial charge in [-0.1, -0.05) is 17.7 Å². The van der Waals surface area contributed by atoms with Crippen molar-refractivity contribution >= 4 is 29.3 Å². The maximum atomic E-state index is 12.6. The van der Waals surface area contributed by atoms with Crippen LogP contribution in [0, 0.1) is 6.92 Å². The normalized spacial score (nSPS) is 17.1. The highest BCUT2D eigenvalue weighted by Gasteiger charge is 2.35. The fourth-order valence-electron chi connectivity index (χ4n) is 2.38. The van der Waals surface area contributed by atoms with Gasteiger partial charge in [-0.25, -0.2) is 0 Å². The second-order valence-corrected chi connectivity index (χ2v) is 6.39. The molecule has 0 bridgehead atoms. The summed E-state index contributed by atoms with van der Waals surface area (Å²) in [6.07, 6.45) is 3.15. The second-order valence-electron chi connectivity index (χ2n) is 5.39. The Bertz CT molecular complexity index is 704. The fourth-order valence-corrected chi connectivity index (χ4v) is 3.53. The van der Waals surface area contributed by atoms with E-state index in [1.165, 1.54) is 6.20 Å². The zero-order chi connectivity index (χ0) is 16.2. The summed E-state index contributed by atoms with van der Waals surface area (Å²) in [5.41, 5.74) is 2.38. The molecule has 0 spiro atoms. The Morgan fingerprint density at radius 3 is 2.74 bits per heavy atom. The number of rotatable bonds is 3. The summed E-state index contributed by atoms with van der Waals surface area (Å²) in [6, 6.07) is 10.6. The van der Waals surface area contributed by atoms with Crippen molar-refractivity contribution in [2.75, 3.05) is 16.9 Å². The number of nitrogens with one attached hydrogen (secondary N) is 1. The summed E-state index contributed by atoms with van der Waals surface area (Å²) in [7, 11) is 0. The van der Waals surface area contributed by atoms with Gasteiger partial charge in [-0.15, -0.1) is 11.8 Å². The van der Waals surface area contributed by atoms with Crippen molar-refractivity contribution in [1.29, 1.82) is 0 Å². The van der Waals surface area contributed by atoms with E-state index in [1.807, 2.05) is 31.2 Å². The molecule has 3 rings (SSSR count). The zero-order valence-electron chi connectivity index (χ0n) is 12.7. The average molecular weight is 327 g/mol. The lowest BCUT2D eigenvalue weighted by molar-refractivity contribution is -0.119. The zero-order valence-corrected chi connectivity index (χ0v) is 13.5. The molecule has 1 aromatic carbocycles. The third-order valence-electron chi connectivity index (χ3n) is 3.67. The Morgan fingerprint density at radius 2 is 2.04 bits per heavy atom. The molecule has 1 fully saturated rings. The van der Waals surface area contributed by atoms with Crippen molar-refractivity contribution in [3.05, 3.63) is 59.9 Å². The highest BCUT2D eigenvalue weighted by molar-refractivity contribution is 7.99. The van der Waals surface area contributed by atoms with Gasteiger partial charge in [0.25, 0.3) is 5.91 Å². The minimum Gasteiger partial charge on any atom is -0.324 e. The molecule has 23 heavy (non-hydrogen) atoms. The van der Waals surface area contributed by atoms with E-state index < -0.39 is 6.04 Å². The molecule has 1 aromatic heterocycles. The van der Waals surface area contributed by atoms with Crippen molar-refractivity contribution in [3.63, 3.8) is 0 Å². The van der Waals surface area contributed by atoms with E-state index in [0.29, 0.717) is 17.2 Å². The first-order chi connectivity index (χ1) is 11.1. The minimum absolute atomic E-state index is 0.156. The first kappa shape index (κ1) is 15.6. The molecule has 2 heterocycles. The van der Waals surface area contributed by atoms with Crippen LogP contribution in [0.25, 0.3) is 0 Å². The predicted octanol–water partition coefficient (Wildman–Crippen LogP) is 2.54. The summed E-state index contributed by atoms with van der Waals surface area (Å²) in [5, 5.41) is 2.89. The number of hydrogen-bond donors (Lipinski definition) is 1. The Kier molecular flexibility index (Phi) is 4.62. The van der Waals surface area contributed by atoms with Crippen molar-refractivity contribution in [2.45, 2.75) is 13.0 Å². The number of amides is 2. The Labute approximate surface area is 139 Å². The largest absolute Gasteiger partial charge is 0.324 e. The van der Waals surface area contributed by atoms with Gasteiger partial charge in [-0.05, 0) is 31.2 Å². The summed E-state index contributed by atoms with van der Waals surface area (Å²) in [4.78, 5) is 30.6. The molecule has 1 saturated heterocycles. The first-order valence-corrected chi connectivity index (χ1v) is 8.47. The van der Waals surface area contributed by atoms with E-state index in [1.54, 1.807) is 35.0 Å². The summed E-state index contributed by atoms with van der Waals surface area (Å²) < 4.78 is 0. The molecule has 5 nitrogen and oxygen atoms in total. The standard InChI is InChI=1S/C17H17N3O2S/c1-12-4-6-14(7-5-12)19-16(21)15-10-23-11-20(15)17(22)13-3-2-8-18-9-13/h2-9,15H,10-11H2,1H3,(H,19,21). The molecule has 1 N–H and O–H groups in total. The molecule has 0 aliphatic carbocycles. The van der Waals surface area contributed by atoms with Crippen LogP contribution < -0.4 is 5.32 Å². The molecule has 0 radical (unpaired) electrons. The van der Waals surface area contributed by atoms with E-state index in [2.05, 4.69) is 10.3 Å². The van der Waals surface area contributed by atoms with Crippen LogP contribution in [-0.2, 0) is 4.79 Å². The van der Waals surface area contributed by atoms with Gasteiger partial charge in [0.05, 0.1) is 11.4 Å². The van der Waals surface area contributed by atoms with Gasteiger partial charge < -0.3 is 10.2 Å². The van der Waals surface area contributed by atoms with Crippen LogP contribution in [0.4, 0.5) is 5.69 Å². The van der Waals surface area contributed by atoms with Crippen LogP contribution in [0.2, 0.25) is 0 Å². The van der Waals surface area contributed by atoms with Crippen molar-refractivity contribution < 1.29 is 9.59 Å². The summed E-state index contributed by atoms with van der Waals surface area (Å²) in [6.45, 7) is 1.99. The Morgan fingerprint density at radius 1 is 1.26 bits per heavy atom. The smallest absolute Gasteiger partial charge is 0.256 e. The number of pyridine rings is 1.